The predicted molar refractivity (Wildman–Crippen MR) is 481 cm³/mol. The molecule has 1 aromatic heterocycles. The molecule has 20 rings (SSSR count). The van der Waals surface area contributed by atoms with Crippen molar-refractivity contribution in [2.45, 2.75) is 84.0 Å². The maximum absolute atomic E-state index is 2.76. The van der Waals surface area contributed by atoms with Crippen LogP contribution in [-0.2, 0) is 21.7 Å². The zero-order valence-electron chi connectivity index (χ0n) is 65.6. The molecule has 2 aliphatic heterocycles. The molecule has 0 bridgehead atoms. The summed E-state index contributed by atoms with van der Waals surface area (Å²) in [4.78, 5) is 5.49. The smallest absolute Gasteiger partial charge is 0.252 e. The summed E-state index contributed by atoms with van der Waals surface area (Å²) in [6.45, 7) is 20.9. The van der Waals surface area contributed by atoms with Gasteiger partial charge in [-0.25, -0.2) is 0 Å². The second kappa shape index (κ2) is 26.6. The fraction of sp³-hybridized carbons (Fsp3) is 0.119. The Morgan fingerprint density at radius 3 is 1.19 bits per heavy atom. The molecule has 17 aromatic rings. The maximum atomic E-state index is 2.76. The third kappa shape index (κ3) is 11.2. The van der Waals surface area contributed by atoms with Gasteiger partial charge >= 0.3 is 0 Å². The van der Waals surface area contributed by atoms with Crippen LogP contribution in [0.25, 0.3) is 105 Å². The van der Waals surface area contributed by atoms with Crippen molar-refractivity contribution in [1.29, 1.82) is 0 Å². The zero-order chi connectivity index (χ0) is 76.7. The highest BCUT2D eigenvalue weighted by Gasteiger charge is 2.50. The number of hydrogen-bond donors (Lipinski definition) is 0. The van der Waals surface area contributed by atoms with Gasteiger partial charge in [0.05, 0.1) is 27.8 Å². The molecule has 0 radical (unpaired) electrons. The van der Waals surface area contributed by atoms with Gasteiger partial charge in [0.25, 0.3) is 6.71 Å². The Morgan fingerprint density at radius 2 is 0.673 bits per heavy atom. The van der Waals surface area contributed by atoms with Gasteiger partial charge in [-0.3, -0.25) is 0 Å². The fourth-order valence-corrected chi connectivity index (χ4v) is 19.0. The van der Waals surface area contributed by atoms with Crippen LogP contribution in [0.5, 0.6) is 0 Å². The number of fused-ring (bicyclic) bond motifs is 10. The van der Waals surface area contributed by atoms with E-state index in [9.17, 15) is 0 Å². The predicted octanol–water partition coefficient (Wildman–Crippen LogP) is 27.1. The summed E-state index contributed by atoms with van der Waals surface area (Å²) < 4.78 is 2.52. The molecule has 0 fully saturated rings. The summed E-state index contributed by atoms with van der Waals surface area (Å²) in [5, 5.41) is 2.44. The average Bonchev–Trinajstić information content (AvgIpc) is 1.65. The van der Waals surface area contributed by atoms with Gasteiger partial charge in [0.1, 0.15) is 0 Å². The molecule has 3 aliphatic rings. The molecule has 0 amide bonds. The summed E-state index contributed by atoms with van der Waals surface area (Å²) in [6, 6.07) is 142. The van der Waals surface area contributed by atoms with Crippen molar-refractivity contribution in [2.24, 2.45) is 0 Å². The second-order valence-corrected chi connectivity index (χ2v) is 34.3. The van der Waals surface area contributed by atoms with E-state index in [1.54, 1.807) is 0 Å². The zero-order valence-corrected chi connectivity index (χ0v) is 65.6. The molecular formula is C109H88BN3. The summed E-state index contributed by atoms with van der Waals surface area (Å²) in [5.74, 6) is 0. The Morgan fingerprint density at radius 1 is 0.257 bits per heavy atom. The van der Waals surface area contributed by atoms with E-state index in [-0.39, 0.29) is 23.0 Å². The van der Waals surface area contributed by atoms with Crippen LogP contribution in [0, 0.1) is 0 Å². The van der Waals surface area contributed by atoms with Crippen molar-refractivity contribution in [1.82, 2.24) is 4.57 Å². The fourth-order valence-electron chi connectivity index (χ4n) is 19.0. The molecule has 4 heteroatoms. The minimum Gasteiger partial charge on any atom is -0.310 e. The van der Waals surface area contributed by atoms with Gasteiger partial charge < -0.3 is 14.4 Å². The van der Waals surface area contributed by atoms with Crippen molar-refractivity contribution >= 4 is 79.0 Å². The highest BCUT2D eigenvalue weighted by Crippen LogP contribution is 2.61. The summed E-state index contributed by atoms with van der Waals surface area (Å²) in [7, 11) is 0. The first-order valence-electron chi connectivity index (χ1n) is 40.1. The van der Waals surface area contributed by atoms with Gasteiger partial charge in [0.2, 0.25) is 0 Å². The summed E-state index contributed by atoms with van der Waals surface area (Å²) in [5.41, 5.74) is 37.6. The largest absolute Gasteiger partial charge is 0.310 e. The molecule has 542 valence electrons. The first-order chi connectivity index (χ1) is 55.0. The highest BCUT2D eigenvalue weighted by atomic mass is 15.2. The van der Waals surface area contributed by atoms with E-state index >= 15 is 0 Å². The van der Waals surface area contributed by atoms with Gasteiger partial charge in [-0.05, 0) is 182 Å². The first kappa shape index (κ1) is 69.2. The van der Waals surface area contributed by atoms with Crippen LogP contribution >= 0.6 is 0 Å². The van der Waals surface area contributed by atoms with E-state index < -0.39 is 5.41 Å². The maximum Gasteiger partial charge on any atom is 0.252 e. The Bertz CT molecular complexity index is 6350. The standard InChI is InChI=1S/C109H88BN3/c1-106(2,3)80-62-76(63-81(67-80)107(4,5)6)75-58-61-98-95(64-75)110-94-60-59-83(111-96-56-32-29-49-88(96)89-50-30-33-57-97(89)111)70-99(94)113(105-91(73-40-20-12-21-41-73)68-82(108(7,8)9)69-92(105)74-42-22-13-23-43-74)101-66-77(65-100(103(101)110)112(98)104-85(71-36-16-10-17-37-71)52-35-53-86(104)72-38-18-11-19-39-72)84-51-34-54-90-87-48-28-31-55-93(87)109(102(84)90,78-44-24-14-25-45-78)79-46-26-15-27-47-79/h10-70H,1-9H3. The lowest BCUT2D eigenvalue weighted by molar-refractivity contribution is 0.569. The normalized spacial score (nSPS) is 13.4. The number of hydrogen-bond acceptors (Lipinski definition) is 2. The lowest BCUT2D eigenvalue weighted by Crippen LogP contribution is -2.61. The van der Waals surface area contributed by atoms with E-state index in [1.807, 2.05) is 0 Å². The minimum absolute atomic E-state index is 0.118. The van der Waals surface area contributed by atoms with Crippen LogP contribution in [0.4, 0.5) is 34.1 Å². The van der Waals surface area contributed by atoms with E-state index in [1.165, 1.54) is 88.4 Å². The number of rotatable bonds is 11. The number of nitrogens with zero attached hydrogens (tertiary/aromatic N) is 3. The van der Waals surface area contributed by atoms with Crippen LogP contribution in [0.15, 0.2) is 370 Å². The van der Waals surface area contributed by atoms with Crippen LogP contribution in [0.1, 0.15) is 101 Å². The molecule has 1 aliphatic carbocycles. The van der Waals surface area contributed by atoms with Crippen LogP contribution in [0.3, 0.4) is 0 Å². The van der Waals surface area contributed by atoms with E-state index in [0.717, 1.165) is 106 Å². The lowest BCUT2D eigenvalue weighted by Gasteiger charge is -2.46. The van der Waals surface area contributed by atoms with Crippen LogP contribution in [0.2, 0.25) is 0 Å². The monoisotopic (exact) mass is 1450 g/mol. The Kier molecular flexibility index (Phi) is 16.3. The van der Waals surface area contributed by atoms with Gasteiger partial charge in [-0.1, -0.05) is 378 Å². The molecule has 16 aromatic carbocycles. The molecule has 0 spiro atoms. The molecule has 0 saturated carbocycles. The van der Waals surface area contributed by atoms with E-state index in [2.05, 4.69) is 447 Å². The minimum atomic E-state index is -0.742. The van der Waals surface area contributed by atoms with Crippen molar-refractivity contribution < 1.29 is 0 Å². The average molecular weight is 1450 g/mol. The Hall–Kier alpha value is -13.0. The number of aromatic nitrogens is 1. The Labute approximate surface area is 665 Å². The van der Waals surface area contributed by atoms with Crippen molar-refractivity contribution in [2.75, 3.05) is 9.80 Å². The van der Waals surface area contributed by atoms with Crippen molar-refractivity contribution in [3.63, 3.8) is 0 Å². The number of benzene rings is 16. The van der Waals surface area contributed by atoms with E-state index in [0.29, 0.717) is 0 Å². The summed E-state index contributed by atoms with van der Waals surface area (Å²) in [6.07, 6.45) is 0. The lowest BCUT2D eigenvalue weighted by atomic mass is 9.33. The third-order valence-electron chi connectivity index (χ3n) is 24.5. The molecule has 0 N–H and O–H groups in total. The molecule has 0 atom stereocenters. The van der Waals surface area contributed by atoms with Crippen molar-refractivity contribution in [3.05, 3.63) is 409 Å². The van der Waals surface area contributed by atoms with Gasteiger partial charge in [0.15, 0.2) is 0 Å². The van der Waals surface area contributed by atoms with Crippen molar-refractivity contribution in [3.8, 4) is 83.6 Å². The van der Waals surface area contributed by atoms with Crippen LogP contribution < -0.4 is 26.2 Å². The van der Waals surface area contributed by atoms with Crippen LogP contribution in [-0.4, -0.2) is 11.3 Å². The number of para-hydroxylation sites is 3. The van der Waals surface area contributed by atoms with Gasteiger partial charge in [-0.15, -0.1) is 0 Å². The molecule has 113 heavy (non-hydrogen) atoms. The molecule has 0 unspecified atom stereocenters. The highest BCUT2D eigenvalue weighted by molar-refractivity contribution is 7.00. The second-order valence-electron chi connectivity index (χ2n) is 34.3. The number of anilines is 6. The molecule has 0 saturated heterocycles. The topological polar surface area (TPSA) is 11.4 Å². The van der Waals surface area contributed by atoms with Gasteiger partial charge in [0, 0.05) is 61.5 Å². The molecule has 3 nitrogen and oxygen atoms in total. The first-order valence-corrected chi connectivity index (χ1v) is 40.1. The quantitative estimate of drug-likeness (QED) is 0.120. The SMILES string of the molecule is CC(C)(C)c1cc(-c2ccc3c(c2)B2c4ccc(-n5c6ccccc6c6ccccc65)cc4N(c4c(-c5ccccc5)cc(C(C)(C)C)cc4-c4ccccc4)c4cc(-c5cccc6c5C(c5ccccc5)(c5ccccc5)c5ccccc5-6)cc(c42)N3c2c(-c3ccccc3)cccc2-c2ccccc2)cc(C(C)(C)C)c1. The summed E-state index contributed by atoms with van der Waals surface area (Å²) >= 11 is 0. The Balaban J connectivity index is 1.01. The van der Waals surface area contributed by atoms with E-state index in [4.69, 9.17) is 0 Å². The third-order valence-corrected chi connectivity index (χ3v) is 24.5. The molecule has 3 heterocycles. The molecular weight excluding hydrogens is 1360 g/mol. The van der Waals surface area contributed by atoms with Gasteiger partial charge in [-0.2, -0.15) is 0 Å².